The van der Waals surface area contributed by atoms with Gasteiger partial charge >= 0.3 is 0 Å². The lowest BCUT2D eigenvalue weighted by Crippen LogP contribution is -2.04. The first-order valence-electron chi connectivity index (χ1n) is 3.69. The quantitative estimate of drug-likeness (QED) is 0.484. The monoisotopic (exact) mass is 152 g/mol. The van der Waals surface area contributed by atoms with E-state index in [1.54, 1.807) is 0 Å². The Morgan fingerprint density at radius 1 is 1.45 bits per heavy atom. The summed E-state index contributed by atoms with van der Waals surface area (Å²) in [6.45, 7) is 11.1. The van der Waals surface area contributed by atoms with Crippen molar-refractivity contribution < 1.29 is 5.11 Å². The number of allylic oxidation sites excluding steroid dienone is 2. The summed E-state index contributed by atoms with van der Waals surface area (Å²) in [5.74, 6) is 0. The highest BCUT2D eigenvalue weighted by molar-refractivity contribution is 5.12. The van der Waals surface area contributed by atoms with Gasteiger partial charge < -0.3 is 5.11 Å². The summed E-state index contributed by atoms with van der Waals surface area (Å²) in [4.78, 5) is 0. The Kier molecular flexibility index (Phi) is 4.55. The van der Waals surface area contributed by atoms with Gasteiger partial charge in [0.05, 0.1) is 6.10 Å². The minimum Gasteiger partial charge on any atom is -0.388 e. The first-order valence-corrected chi connectivity index (χ1v) is 3.69. The molecule has 0 aromatic heterocycles. The van der Waals surface area contributed by atoms with E-state index in [1.165, 1.54) is 0 Å². The van der Waals surface area contributed by atoms with Crippen LogP contribution in [0.5, 0.6) is 0 Å². The molecule has 0 aliphatic carbocycles. The first kappa shape index (κ1) is 10.2. The lowest BCUT2D eigenvalue weighted by atomic mass is 10.1. The van der Waals surface area contributed by atoms with Crippen LogP contribution in [0.15, 0.2) is 36.5 Å². The van der Waals surface area contributed by atoms with Crippen LogP contribution in [0.4, 0.5) is 0 Å². The largest absolute Gasteiger partial charge is 0.388 e. The molecule has 0 radical (unpaired) electrons. The summed E-state index contributed by atoms with van der Waals surface area (Å²) in [6.07, 6.45) is 4.02. The van der Waals surface area contributed by atoms with Crippen LogP contribution in [0.2, 0.25) is 0 Å². The SMILES string of the molecule is C=C(C)C=CCC(O)C(=C)C. The fourth-order valence-electron chi connectivity index (χ4n) is 0.599. The van der Waals surface area contributed by atoms with Gasteiger partial charge in [-0.25, -0.2) is 0 Å². The minimum absolute atomic E-state index is 0.411. The maximum atomic E-state index is 9.26. The number of rotatable bonds is 4. The molecule has 1 atom stereocenters. The van der Waals surface area contributed by atoms with Crippen LogP contribution in [0.25, 0.3) is 0 Å². The third-order valence-corrected chi connectivity index (χ3v) is 1.33. The Labute approximate surface area is 68.7 Å². The molecule has 0 heterocycles. The summed E-state index contributed by atoms with van der Waals surface area (Å²) < 4.78 is 0. The number of hydrogen-bond acceptors (Lipinski definition) is 1. The van der Waals surface area contributed by atoms with Crippen molar-refractivity contribution in [2.45, 2.75) is 26.4 Å². The summed E-state index contributed by atoms with van der Waals surface area (Å²) >= 11 is 0. The lowest BCUT2D eigenvalue weighted by molar-refractivity contribution is 0.215. The second kappa shape index (κ2) is 4.91. The van der Waals surface area contributed by atoms with Gasteiger partial charge in [0.2, 0.25) is 0 Å². The molecule has 0 spiro atoms. The average molecular weight is 152 g/mol. The van der Waals surface area contributed by atoms with Crippen molar-refractivity contribution in [1.29, 1.82) is 0 Å². The van der Waals surface area contributed by atoms with Crippen molar-refractivity contribution >= 4 is 0 Å². The van der Waals surface area contributed by atoms with Crippen molar-refractivity contribution in [3.8, 4) is 0 Å². The predicted molar refractivity (Wildman–Crippen MR) is 49.4 cm³/mol. The second-order valence-electron chi connectivity index (χ2n) is 2.85. The molecular weight excluding hydrogens is 136 g/mol. The molecule has 0 bridgehead atoms. The van der Waals surface area contributed by atoms with E-state index in [0.717, 1.165) is 11.1 Å². The molecule has 0 rings (SSSR count). The van der Waals surface area contributed by atoms with Crippen molar-refractivity contribution in [2.75, 3.05) is 0 Å². The van der Waals surface area contributed by atoms with E-state index in [1.807, 2.05) is 26.0 Å². The molecule has 62 valence electrons. The van der Waals surface area contributed by atoms with Crippen LogP contribution in [-0.2, 0) is 0 Å². The molecule has 0 amide bonds. The third kappa shape index (κ3) is 5.62. The molecule has 1 heteroatoms. The van der Waals surface area contributed by atoms with Crippen molar-refractivity contribution in [1.82, 2.24) is 0 Å². The minimum atomic E-state index is -0.411. The van der Waals surface area contributed by atoms with Gasteiger partial charge in [-0.2, -0.15) is 0 Å². The molecule has 0 aromatic rings. The summed E-state index contributed by atoms with van der Waals surface area (Å²) in [6, 6.07) is 0. The molecule has 0 saturated carbocycles. The van der Waals surface area contributed by atoms with E-state index in [4.69, 9.17) is 0 Å². The Morgan fingerprint density at radius 2 is 2.00 bits per heavy atom. The van der Waals surface area contributed by atoms with E-state index in [2.05, 4.69) is 13.2 Å². The molecular formula is C10H16O. The summed E-state index contributed by atoms with van der Waals surface area (Å²) in [5, 5.41) is 9.26. The predicted octanol–water partition coefficient (Wildman–Crippen LogP) is 2.45. The van der Waals surface area contributed by atoms with Gasteiger partial charge in [0.1, 0.15) is 0 Å². The highest BCUT2D eigenvalue weighted by Gasteiger charge is 1.99. The second-order valence-corrected chi connectivity index (χ2v) is 2.85. The van der Waals surface area contributed by atoms with E-state index >= 15 is 0 Å². The van der Waals surface area contributed by atoms with Gasteiger partial charge in [-0.15, -0.1) is 0 Å². The fourth-order valence-corrected chi connectivity index (χ4v) is 0.599. The normalized spacial score (nSPS) is 13.4. The Balaban J connectivity index is 3.70. The highest BCUT2D eigenvalue weighted by Crippen LogP contribution is 2.04. The summed E-state index contributed by atoms with van der Waals surface area (Å²) in [5.41, 5.74) is 1.80. The van der Waals surface area contributed by atoms with Crippen LogP contribution in [0, 0.1) is 0 Å². The Bertz CT molecular complexity index is 177. The number of aliphatic hydroxyl groups excluding tert-OH is 1. The standard InChI is InChI=1S/C10H16O/c1-8(2)6-5-7-10(11)9(3)4/h5-6,10-11H,1,3,7H2,2,4H3. The van der Waals surface area contributed by atoms with E-state index in [-0.39, 0.29) is 0 Å². The molecule has 11 heavy (non-hydrogen) atoms. The maximum absolute atomic E-state index is 9.26. The zero-order valence-electron chi connectivity index (χ0n) is 7.30. The van der Waals surface area contributed by atoms with Crippen LogP contribution in [-0.4, -0.2) is 11.2 Å². The number of hydrogen-bond donors (Lipinski definition) is 1. The molecule has 0 aromatic carbocycles. The maximum Gasteiger partial charge on any atom is 0.0779 e. The molecule has 0 saturated heterocycles. The highest BCUT2D eigenvalue weighted by atomic mass is 16.3. The van der Waals surface area contributed by atoms with E-state index in [0.29, 0.717) is 6.42 Å². The smallest absolute Gasteiger partial charge is 0.0779 e. The van der Waals surface area contributed by atoms with E-state index < -0.39 is 6.10 Å². The summed E-state index contributed by atoms with van der Waals surface area (Å²) in [7, 11) is 0. The van der Waals surface area contributed by atoms with Crippen molar-refractivity contribution in [3.05, 3.63) is 36.5 Å². The molecule has 0 aliphatic heterocycles. The third-order valence-electron chi connectivity index (χ3n) is 1.33. The van der Waals surface area contributed by atoms with Crippen molar-refractivity contribution in [3.63, 3.8) is 0 Å². The molecule has 1 N–H and O–H groups in total. The first-order chi connectivity index (χ1) is 5.04. The van der Waals surface area contributed by atoms with Gasteiger partial charge in [-0.1, -0.05) is 36.5 Å². The van der Waals surface area contributed by atoms with Crippen LogP contribution in [0.3, 0.4) is 0 Å². The zero-order chi connectivity index (χ0) is 8.85. The van der Waals surface area contributed by atoms with E-state index in [9.17, 15) is 5.11 Å². The molecule has 1 nitrogen and oxygen atoms in total. The molecule has 1 unspecified atom stereocenters. The van der Waals surface area contributed by atoms with Crippen LogP contribution < -0.4 is 0 Å². The fraction of sp³-hybridized carbons (Fsp3) is 0.400. The van der Waals surface area contributed by atoms with Gasteiger partial charge in [0, 0.05) is 0 Å². The molecule has 0 aliphatic rings. The van der Waals surface area contributed by atoms with Crippen molar-refractivity contribution in [2.24, 2.45) is 0 Å². The van der Waals surface area contributed by atoms with Gasteiger partial charge in [0.25, 0.3) is 0 Å². The Hall–Kier alpha value is -0.820. The Morgan fingerprint density at radius 3 is 2.36 bits per heavy atom. The topological polar surface area (TPSA) is 20.2 Å². The van der Waals surface area contributed by atoms with Gasteiger partial charge in [-0.05, 0) is 20.3 Å². The van der Waals surface area contributed by atoms with Gasteiger partial charge in [-0.3, -0.25) is 0 Å². The average Bonchev–Trinajstić information content (AvgIpc) is 1.86. The lowest BCUT2D eigenvalue weighted by Gasteiger charge is -2.05. The van der Waals surface area contributed by atoms with Crippen LogP contribution in [0.1, 0.15) is 20.3 Å². The number of aliphatic hydroxyl groups is 1. The van der Waals surface area contributed by atoms with Gasteiger partial charge in [0.15, 0.2) is 0 Å². The zero-order valence-corrected chi connectivity index (χ0v) is 7.30. The van der Waals surface area contributed by atoms with Crippen LogP contribution >= 0.6 is 0 Å². The molecule has 0 fully saturated rings.